The van der Waals surface area contributed by atoms with E-state index < -0.39 is 0 Å². The molecule has 1 saturated heterocycles. The maximum atomic E-state index is 13.0. The molecule has 1 aromatic carbocycles. The topological polar surface area (TPSA) is 63.2 Å². The third kappa shape index (κ3) is 4.69. The molecule has 1 aliphatic heterocycles. The number of benzene rings is 1. The summed E-state index contributed by atoms with van der Waals surface area (Å²) in [5, 5.41) is 9.54. The van der Waals surface area contributed by atoms with Crippen molar-refractivity contribution in [2.24, 2.45) is 5.92 Å². The van der Waals surface area contributed by atoms with Crippen molar-refractivity contribution in [3.05, 3.63) is 52.5 Å². The minimum atomic E-state index is -0.228. The molecule has 1 amide bonds. The van der Waals surface area contributed by atoms with Gasteiger partial charge in [-0.25, -0.2) is 4.98 Å². The number of nitrogens with zero attached hydrogens (tertiary/aromatic N) is 1. The average Bonchev–Trinajstić information content (AvgIpc) is 3.37. The maximum absolute atomic E-state index is 13.0. The van der Waals surface area contributed by atoms with Crippen LogP contribution in [0.1, 0.15) is 36.4 Å². The Morgan fingerprint density at radius 1 is 1.42 bits per heavy atom. The zero-order valence-electron chi connectivity index (χ0n) is 15.4. The third-order valence-corrected chi connectivity index (χ3v) is 5.91. The van der Waals surface area contributed by atoms with E-state index in [9.17, 15) is 4.79 Å². The molecule has 3 rings (SSSR count). The molecule has 4 atom stereocenters. The van der Waals surface area contributed by atoms with Crippen LogP contribution in [0, 0.1) is 5.92 Å². The minimum Gasteiger partial charge on any atom is -0.379 e. The summed E-state index contributed by atoms with van der Waals surface area (Å²) in [4.78, 5) is 17.4. The highest BCUT2D eigenvalue weighted by Crippen LogP contribution is 2.23. The number of rotatable bonds is 8. The first-order valence-electron chi connectivity index (χ1n) is 9.19. The van der Waals surface area contributed by atoms with Crippen molar-refractivity contribution < 1.29 is 9.53 Å². The Balaban J connectivity index is 1.70. The molecule has 0 aliphatic carbocycles. The number of carbonyl (C=O) groups is 1. The van der Waals surface area contributed by atoms with Crippen LogP contribution in [0.3, 0.4) is 0 Å². The summed E-state index contributed by atoms with van der Waals surface area (Å²) in [5.41, 5.74) is 1.18. The van der Waals surface area contributed by atoms with Gasteiger partial charge in [0.2, 0.25) is 5.91 Å². The first-order chi connectivity index (χ1) is 12.7. The second kappa shape index (κ2) is 9.26. The Morgan fingerprint density at radius 2 is 2.23 bits per heavy atom. The second-order valence-corrected chi connectivity index (χ2v) is 7.74. The SMILES string of the molecule is COC([C@@H]1CCCN1)[C@@H](C)C(=O)N[C@@H](Cc1ccccc1)c1nccs1. The van der Waals surface area contributed by atoms with Gasteiger partial charge in [-0.15, -0.1) is 11.3 Å². The predicted octanol–water partition coefficient (Wildman–Crippen LogP) is 2.95. The zero-order valence-corrected chi connectivity index (χ0v) is 16.2. The van der Waals surface area contributed by atoms with Crippen LogP contribution >= 0.6 is 11.3 Å². The van der Waals surface area contributed by atoms with Crippen LogP contribution in [0.2, 0.25) is 0 Å². The quantitative estimate of drug-likeness (QED) is 0.747. The number of carbonyl (C=O) groups excluding carboxylic acids is 1. The Kier molecular flexibility index (Phi) is 6.77. The van der Waals surface area contributed by atoms with Crippen molar-refractivity contribution in [3.8, 4) is 0 Å². The normalized spacial score (nSPS) is 20.5. The molecule has 0 spiro atoms. The summed E-state index contributed by atoms with van der Waals surface area (Å²) in [6, 6.07) is 10.3. The van der Waals surface area contributed by atoms with Crippen LogP contribution in [0.4, 0.5) is 0 Å². The first-order valence-corrected chi connectivity index (χ1v) is 10.1. The van der Waals surface area contributed by atoms with Crippen molar-refractivity contribution in [2.75, 3.05) is 13.7 Å². The van der Waals surface area contributed by atoms with E-state index in [0.717, 1.165) is 30.8 Å². The summed E-state index contributed by atoms with van der Waals surface area (Å²) >= 11 is 1.57. The van der Waals surface area contributed by atoms with Crippen LogP contribution < -0.4 is 10.6 Å². The molecule has 0 radical (unpaired) electrons. The maximum Gasteiger partial charge on any atom is 0.226 e. The van der Waals surface area contributed by atoms with E-state index in [2.05, 4.69) is 27.8 Å². The number of ether oxygens (including phenoxy) is 1. The van der Waals surface area contributed by atoms with E-state index in [1.807, 2.05) is 30.5 Å². The highest BCUT2D eigenvalue weighted by Gasteiger charge is 2.34. The molecule has 1 unspecified atom stereocenters. The van der Waals surface area contributed by atoms with Gasteiger partial charge < -0.3 is 15.4 Å². The molecule has 26 heavy (non-hydrogen) atoms. The Hall–Kier alpha value is -1.76. The average molecular weight is 374 g/mol. The van der Waals surface area contributed by atoms with Crippen LogP contribution in [0.15, 0.2) is 41.9 Å². The van der Waals surface area contributed by atoms with Crippen molar-refractivity contribution in [2.45, 2.75) is 44.4 Å². The van der Waals surface area contributed by atoms with Crippen molar-refractivity contribution in [1.82, 2.24) is 15.6 Å². The van der Waals surface area contributed by atoms with Gasteiger partial charge in [0.25, 0.3) is 0 Å². The van der Waals surface area contributed by atoms with Gasteiger partial charge in [0.1, 0.15) is 5.01 Å². The van der Waals surface area contributed by atoms with Gasteiger partial charge in [-0.3, -0.25) is 4.79 Å². The highest BCUT2D eigenvalue weighted by atomic mass is 32.1. The summed E-state index contributed by atoms with van der Waals surface area (Å²) in [5.74, 6) is -0.212. The largest absolute Gasteiger partial charge is 0.379 e. The molecule has 1 aliphatic rings. The fourth-order valence-corrected chi connectivity index (χ4v) is 4.31. The van der Waals surface area contributed by atoms with Gasteiger partial charge in [-0.05, 0) is 31.4 Å². The van der Waals surface area contributed by atoms with Gasteiger partial charge in [-0.2, -0.15) is 0 Å². The molecule has 6 heteroatoms. The van der Waals surface area contributed by atoms with Crippen molar-refractivity contribution in [1.29, 1.82) is 0 Å². The molecule has 0 bridgehead atoms. The lowest BCUT2D eigenvalue weighted by Gasteiger charge is -2.29. The molecule has 0 saturated carbocycles. The lowest BCUT2D eigenvalue weighted by molar-refractivity contribution is -0.130. The fourth-order valence-electron chi connectivity index (χ4n) is 3.62. The number of thiazole rings is 1. The van der Waals surface area contributed by atoms with Gasteiger partial charge >= 0.3 is 0 Å². The van der Waals surface area contributed by atoms with Crippen molar-refractivity contribution >= 4 is 17.2 Å². The highest BCUT2D eigenvalue weighted by molar-refractivity contribution is 7.09. The third-order valence-electron chi connectivity index (χ3n) is 5.02. The number of methoxy groups -OCH3 is 1. The van der Waals surface area contributed by atoms with Gasteiger partial charge in [0, 0.05) is 24.7 Å². The second-order valence-electron chi connectivity index (χ2n) is 6.81. The molecule has 2 N–H and O–H groups in total. The van der Waals surface area contributed by atoms with Crippen LogP contribution in [0.5, 0.6) is 0 Å². The summed E-state index contributed by atoms with van der Waals surface area (Å²) < 4.78 is 5.67. The molecule has 140 valence electrons. The van der Waals surface area contributed by atoms with E-state index in [-0.39, 0.29) is 30.0 Å². The Labute approximate surface area is 159 Å². The molecule has 2 aromatic rings. The predicted molar refractivity (Wildman–Crippen MR) is 104 cm³/mol. The van der Waals surface area contributed by atoms with Gasteiger partial charge in [-0.1, -0.05) is 37.3 Å². The monoisotopic (exact) mass is 373 g/mol. The number of amides is 1. The molecular formula is C20H27N3O2S. The fraction of sp³-hybridized carbons (Fsp3) is 0.500. The minimum absolute atomic E-state index is 0.0154. The van der Waals surface area contributed by atoms with E-state index in [1.165, 1.54) is 5.56 Å². The van der Waals surface area contributed by atoms with Crippen LogP contribution in [-0.4, -0.2) is 36.7 Å². The smallest absolute Gasteiger partial charge is 0.226 e. The zero-order chi connectivity index (χ0) is 18.4. The summed E-state index contributed by atoms with van der Waals surface area (Å²) in [7, 11) is 1.69. The molecule has 1 fully saturated rings. The standard InChI is InChI=1S/C20H27N3O2S/c1-14(18(25-2)16-9-6-10-21-16)19(24)23-17(20-22-11-12-26-20)13-15-7-4-3-5-8-15/h3-5,7-8,11-12,14,16-18,21H,6,9-10,13H2,1-2H3,(H,23,24)/t14-,16+,17+,18?/m1/s1. The van der Waals surface area contributed by atoms with E-state index in [4.69, 9.17) is 4.74 Å². The van der Waals surface area contributed by atoms with Crippen LogP contribution in [-0.2, 0) is 16.0 Å². The van der Waals surface area contributed by atoms with E-state index in [1.54, 1.807) is 24.6 Å². The summed E-state index contributed by atoms with van der Waals surface area (Å²) in [6.45, 7) is 2.94. The molecule has 5 nitrogen and oxygen atoms in total. The Morgan fingerprint density at radius 3 is 2.85 bits per heavy atom. The number of nitrogens with one attached hydrogen (secondary N) is 2. The van der Waals surface area contributed by atoms with Crippen molar-refractivity contribution in [3.63, 3.8) is 0 Å². The number of aromatic nitrogens is 1. The molecular weight excluding hydrogens is 346 g/mol. The van der Waals surface area contributed by atoms with Gasteiger partial charge in [0.15, 0.2) is 0 Å². The van der Waals surface area contributed by atoms with E-state index in [0.29, 0.717) is 0 Å². The number of hydrogen-bond donors (Lipinski definition) is 2. The molecule has 1 aromatic heterocycles. The van der Waals surface area contributed by atoms with Gasteiger partial charge in [0.05, 0.1) is 18.1 Å². The Bertz CT molecular complexity index is 672. The molecule has 2 heterocycles. The summed E-state index contributed by atoms with van der Waals surface area (Å²) in [6.07, 6.45) is 4.58. The van der Waals surface area contributed by atoms with E-state index >= 15 is 0 Å². The van der Waals surface area contributed by atoms with Crippen LogP contribution in [0.25, 0.3) is 0 Å². The lowest BCUT2D eigenvalue weighted by Crippen LogP contribution is -2.47. The lowest BCUT2D eigenvalue weighted by atomic mass is 9.95. The first kappa shape index (κ1) is 19.0. The number of hydrogen-bond acceptors (Lipinski definition) is 5.